The highest BCUT2D eigenvalue weighted by atomic mass is 32.2. The summed E-state index contributed by atoms with van der Waals surface area (Å²) in [5, 5.41) is 2.56. The van der Waals surface area contributed by atoms with Crippen molar-refractivity contribution in [2.45, 2.75) is 17.7 Å². The van der Waals surface area contributed by atoms with Crippen molar-refractivity contribution in [2.24, 2.45) is 0 Å². The maximum absolute atomic E-state index is 6.00. The van der Waals surface area contributed by atoms with E-state index in [1.54, 1.807) is 7.11 Å². The molecule has 0 atom stereocenters. The van der Waals surface area contributed by atoms with Crippen molar-refractivity contribution in [3.63, 3.8) is 0 Å². The van der Waals surface area contributed by atoms with Gasteiger partial charge in [0.1, 0.15) is 23.9 Å². The van der Waals surface area contributed by atoms with Gasteiger partial charge in [0, 0.05) is 28.8 Å². The topological polar surface area (TPSA) is 36.9 Å². The van der Waals surface area contributed by atoms with Gasteiger partial charge in [-0.15, -0.1) is 0 Å². The lowest BCUT2D eigenvalue weighted by molar-refractivity contribution is 0.0181. The van der Waals surface area contributed by atoms with Crippen LogP contribution in [0.25, 0.3) is 10.8 Å². The zero-order valence-electron chi connectivity index (χ0n) is 15.6. The van der Waals surface area contributed by atoms with Gasteiger partial charge in [-0.2, -0.15) is 0 Å². The van der Waals surface area contributed by atoms with Gasteiger partial charge < -0.3 is 18.9 Å². The molecule has 1 saturated heterocycles. The third-order valence-electron chi connectivity index (χ3n) is 4.48. The SMILES string of the molecule is COCCOCCOCCOc1ccc([S+]2CCCC2)c2ccccc12. The molecular weight excluding hydrogens is 348 g/mol. The third-order valence-corrected chi connectivity index (χ3v) is 7.02. The predicted octanol–water partition coefficient (Wildman–Crippen LogP) is 3.67. The van der Waals surface area contributed by atoms with Gasteiger partial charge in [-0.3, -0.25) is 0 Å². The van der Waals surface area contributed by atoms with Crippen molar-refractivity contribution in [3.8, 4) is 5.75 Å². The number of benzene rings is 2. The minimum absolute atomic E-state index is 0.410. The smallest absolute Gasteiger partial charge is 0.162 e. The van der Waals surface area contributed by atoms with E-state index < -0.39 is 0 Å². The third kappa shape index (κ3) is 5.36. The summed E-state index contributed by atoms with van der Waals surface area (Å²) in [6, 6.07) is 13.0. The highest BCUT2D eigenvalue weighted by molar-refractivity contribution is 7.97. The molecule has 1 aliphatic rings. The Labute approximate surface area is 159 Å². The normalized spacial score (nSPS) is 15.0. The standard InChI is InChI=1S/C21H29O4S/c1-22-10-11-23-12-13-24-14-15-25-20-8-9-21(26-16-4-5-17-26)19-7-3-2-6-18(19)20/h2-3,6-9H,4-5,10-17H2,1H3/q+1. The molecule has 26 heavy (non-hydrogen) atoms. The van der Waals surface area contributed by atoms with Gasteiger partial charge in [0.15, 0.2) is 4.90 Å². The molecule has 5 heteroatoms. The zero-order chi connectivity index (χ0) is 18.0. The van der Waals surface area contributed by atoms with E-state index in [-0.39, 0.29) is 0 Å². The molecule has 2 aromatic rings. The number of fused-ring (bicyclic) bond motifs is 1. The largest absolute Gasteiger partial charge is 0.491 e. The maximum atomic E-state index is 6.00. The first-order valence-electron chi connectivity index (χ1n) is 9.36. The second-order valence-electron chi connectivity index (χ2n) is 6.28. The van der Waals surface area contributed by atoms with E-state index in [1.807, 2.05) is 0 Å². The lowest BCUT2D eigenvalue weighted by Crippen LogP contribution is -2.12. The Morgan fingerprint density at radius 1 is 0.769 bits per heavy atom. The highest BCUT2D eigenvalue weighted by Gasteiger charge is 2.29. The predicted molar refractivity (Wildman–Crippen MR) is 108 cm³/mol. The van der Waals surface area contributed by atoms with Gasteiger partial charge in [-0.05, 0) is 31.0 Å². The van der Waals surface area contributed by atoms with Gasteiger partial charge in [-0.1, -0.05) is 18.2 Å². The Kier molecular flexibility index (Phi) is 8.08. The maximum Gasteiger partial charge on any atom is 0.162 e. The fourth-order valence-corrected chi connectivity index (χ4v) is 5.67. The molecule has 0 bridgehead atoms. The summed E-state index contributed by atoms with van der Waals surface area (Å²) >= 11 is 0. The summed E-state index contributed by atoms with van der Waals surface area (Å²) < 4.78 is 21.9. The van der Waals surface area contributed by atoms with Crippen LogP contribution in [0.15, 0.2) is 41.3 Å². The van der Waals surface area contributed by atoms with Crippen molar-refractivity contribution in [2.75, 3.05) is 58.3 Å². The van der Waals surface area contributed by atoms with Crippen molar-refractivity contribution in [1.82, 2.24) is 0 Å². The number of rotatable bonds is 11. The van der Waals surface area contributed by atoms with E-state index in [0.29, 0.717) is 50.5 Å². The van der Waals surface area contributed by atoms with E-state index in [0.717, 1.165) is 5.75 Å². The lowest BCUT2D eigenvalue weighted by Gasteiger charge is -2.12. The van der Waals surface area contributed by atoms with Crippen LogP contribution in [-0.4, -0.2) is 58.3 Å². The Hall–Kier alpha value is -1.27. The summed E-state index contributed by atoms with van der Waals surface area (Å²) in [4.78, 5) is 1.51. The summed E-state index contributed by atoms with van der Waals surface area (Å²) in [5.74, 6) is 3.63. The second kappa shape index (κ2) is 10.8. The summed E-state index contributed by atoms with van der Waals surface area (Å²) in [6.45, 7) is 3.50. The minimum atomic E-state index is 0.410. The van der Waals surface area contributed by atoms with Crippen LogP contribution in [-0.2, 0) is 25.1 Å². The van der Waals surface area contributed by atoms with Crippen LogP contribution >= 0.6 is 0 Å². The van der Waals surface area contributed by atoms with Crippen LogP contribution < -0.4 is 4.74 Å². The number of ether oxygens (including phenoxy) is 4. The van der Waals surface area contributed by atoms with Gasteiger partial charge in [-0.25, -0.2) is 0 Å². The first-order chi connectivity index (χ1) is 12.9. The molecule has 0 unspecified atom stereocenters. The molecule has 2 aromatic carbocycles. The minimum Gasteiger partial charge on any atom is -0.491 e. The molecule has 4 nitrogen and oxygen atoms in total. The zero-order valence-corrected chi connectivity index (χ0v) is 16.4. The average Bonchev–Trinajstić information content (AvgIpc) is 3.21. The lowest BCUT2D eigenvalue weighted by atomic mass is 10.1. The fraction of sp³-hybridized carbons (Fsp3) is 0.524. The molecule has 142 valence electrons. The Balaban J connectivity index is 1.50. The van der Waals surface area contributed by atoms with Crippen LogP contribution in [0, 0.1) is 0 Å². The van der Waals surface area contributed by atoms with Crippen molar-refractivity contribution < 1.29 is 18.9 Å². The molecule has 0 aliphatic carbocycles. The van der Waals surface area contributed by atoms with E-state index in [2.05, 4.69) is 36.4 Å². The summed E-state index contributed by atoms with van der Waals surface area (Å²) in [7, 11) is 2.08. The van der Waals surface area contributed by atoms with E-state index >= 15 is 0 Å². The summed E-state index contributed by atoms with van der Waals surface area (Å²) in [5.41, 5.74) is 0. The van der Waals surface area contributed by atoms with E-state index in [4.69, 9.17) is 18.9 Å². The average molecular weight is 378 g/mol. The molecular formula is C21H29O4S+. The van der Waals surface area contributed by atoms with Crippen molar-refractivity contribution in [3.05, 3.63) is 36.4 Å². The molecule has 1 fully saturated rings. The quantitative estimate of drug-likeness (QED) is 0.442. The molecule has 0 N–H and O–H groups in total. The van der Waals surface area contributed by atoms with Gasteiger partial charge in [0.25, 0.3) is 0 Å². The van der Waals surface area contributed by atoms with Gasteiger partial charge in [0.05, 0.1) is 33.0 Å². The second-order valence-corrected chi connectivity index (χ2v) is 8.52. The Morgan fingerprint density at radius 3 is 2.15 bits per heavy atom. The molecule has 3 rings (SSSR count). The number of hydrogen-bond acceptors (Lipinski definition) is 4. The number of hydrogen-bond donors (Lipinski definition) is 0. The molecule has 0 amide bonds. The Bertz CT molecular complexity index is 670. The Morgan fingerprint density at radius 2 is 1.42 bits per heavy atom. The molecule has 0 spiro atoms. The van der Waals surface area contributed by atoms with E-state index in [9.17, 15) is 0 Å². The monoisotopic (exact) mass is 377 g/mol. The molecule has 0 aromatic heterocycles. The number of methoxy groups -OCH3 is 1. The van der Waals surface area contributed by atoms with Crippen LogP contribution in [0.1, 0.15) is 12.8 Å². The molecule has 1 aliphatic heterocycles. The van der Waals surface area contributed by atoms with E-state index in [1.165, 1.54) is 40.0 Å². The van der Waals surface area contributed by atoms with Crippen LogP contribution in [0.5, 0.6) is 5.75 Å². The molecule has 0 saturated carbocycles. The van der Waals surface area contributed by atoms with Crippen LogP contribution in [0.3, 0.4) is 0 Å². The van der Waals surface area contributed by atoms with Crippen molar-refractivity contribution in [1.29, 1.82) is 0 Å². The van der Waals surface area contributed by atoms with Gasteiger partial charge in [0.2, 0.25) is 0 Å². The first-order valence-corrected chi connectivity index (χ1v) is 10.9. The fourth-order valence-electron chi connectivity index (χ4n) is 3.17. The van der Waals surface area contributed by atoms with Crippen LogP contribution in [0.2, 0.25) is 0 Å². The molecule has 1 heterocycles. The highest BCUT2D eigenvalue weighted by Crippen LogP contribution is 2.34. The van der Waals surface area contributed by atoms with Crippen LogP contribution in [0.4, 0.5) is 0 Å². The molecule has 0 radical (unpaired) electrons. The summed E-state index contributed by atoms with van der Waals surface area (Å²) in [6.07, 6.45) is 2.73. The van der Waals surface area contributed by atoms with Gasteiger partial charge >= 0.3 is 0 Å². The van der Waals surface area contributed by atoms with Crippen molar-refractivity contribution >= 4 is 21.7 Å². The first kappa shape index (κ1) is 19.5.